The van der Waals surface area contributed by atoms with Crippen LogP contribution in [0.15, 0.2) is 18.2 Å². The molecule has 1 aromatic rings. The maximum atomic E-state index is 11.2. The second kappa shape index (κ2) is 6.03. The summed E-state index contributed by atoms with van der Waals surface area (Å²) in [6.07, 6.45) is 3.53. The molecule has 0 bridgehead atoms. The summed E-state index contributed by atoms with van der Waals surface area (Å²) in [6.45, 7) is 10.3. The molecule has 0 spiro atoms. The van der Waals surface area contributed by atoms with E-state index in [0.717, 1.165) is 12.1 Å². The third-order valence-electron chi connectivity index (χ3n) is 3.02. The number of benzene rings is 1. The molecule has 0 fully saturated rings. The third kappa shape index (κ3) is 4.17. The van der Waals surface area contributed by atoms with E-state index < -0.39 is 0 Å². The van der Waals surface area contributed by atoms with Crippen LogP contribution >= 0.6 is 0 Å². The highest BCUT2D eigenvalue weighted by molar-refractivity contribution is 5.89. The average molecular weight is 247 g/mol. The SMILES string of the molecule is CCCCc1ccc(NC(C)=O)c(C(C)(C)C)c1. The first-order chi connectivity index (χ1) is 8.34. The van der Waals surface area contributed by atoms with Crippen molar-refractivity contribution in [3.8, 4) is 0 Å². The quantitative estimate of drug-likeness (QED) is 0.845. The molecule has 100 valence electrons. The van der Waals surface area contributed by atoms with Crippen molar-refractivity contribution in [3.63, 3.8) is 0 Å². The third-order valence-corrected chi connectivity index (χ3v) is 3.02. The predicted molar refractivity (Wildman–Crippen MR) is 78.1 cm³/mol. The minimum atomic E-state index is -0.0122. The van der Waals surface area contributed by atoms with E-state index in [1.54, 1.807) is 6.92 Å². The topological polar surface area (TPSA) is 29.1 Å². The van der Waals surface area contributed by atoms with E-state index in [9.17, 15) is 4.79 Å². The Balaban J connectivity index is 3.08. The van der Waals surface area contributed by atoms with E-state index in [1.165, 1.54) is 24.0 Å². The first-order valence-electron chi connectivity index (χ1n) is 6.75. The molecule has 0 aliphatic rings. The van der Waals surface area contributed by atoms with E-state index in [4.69, 9.17) is 0 Å². The zero-order chi connectivity index (χ0) is 13.8. The molecule has 0 aliphatic heterocycles. The second-order valence-electron chi connectivity index (χ2n) is 5.91. The molecule has 1 rings (SSSR count). The van der Waals surface area contributed by atoms with Crippen molar-refractivity contribution in [1.29, 1.82) is 0 Å². The Labute approximate surface area is 111 Å². The van der Waals surface area contributed by atoms with Gasteiger partial charge in [0.1, 0.15) is 0 Å². The summed E-state index contributed by atoms with van der Waals surface area (Å²) in [6, 6.07) is 6.39. The largest absolute Gasteiger partial charge is 0.326 e. The van der Waals surface area contributed by atoms with Crippen LogP contribution in [0.1, 0.15) is 58.6 Å². The van der Waals surface area contributed by atoms with Gasteiger partial charge in [-0.15, -0.1) is 0 Å². The Morgan fingerprint density at radius 1 is 1.28 bits per heavy atom. The van der Waals surface area contributed by atoms with Gasteiger partial charge < -0.3 is 5.32 Å². The molecule has 1 N–H and O–H groups in total. The lowest BCUT2D eigenvalue weighted by Gasteiger charge is -2.24. The summed E-state index contributed by atoms with van der Waals surface area (Å²) in [5.41, 5.74) is 3.55. The van der Waals surface area contributed by atoms with Crippen molar-refractivity contribution in [2.24, 2.45) is 0 Å². The fraction of sp³-hybridized carbons (Fsp3) is 0.562. The minimum Gasteiger partial charge on any atom is -0.326 e. The fourth-order valence-electron chi connectivity index (χ4n) is 2.05. The fourth-order valence-corrected chi connectivity index (χ4v) is 2.05. The van der Waals surface area contributed by atoms with Crippen LogP contribution in [0.5, 0.6) is 0 Å². The number of amides is 1. The summed E-state index contributed by atoms with van der Waals surface area (Å²) in [4.78, 5) is 11.2. The van der Waals surface area contributed by atoms with E-state index in [2.05, 4.69) is 45.1 Å². The molecule has 0 unspecified atom stereocenters. The lowest BCUT2D eigenvalue weighted by molar-refractivity contribution is -0.114. The zero-order valence-corrected chi connectivity index (χ0v) is 12.3. The highest BCUT2D eigenvalue weighted by atomic mass is 16.1. The van der Waals surface area contributed by atoms with Crippen molar-refractivity contribution < 1.29 is 4.79 Å². The number of hydrogen-bond donors (Lipinski definition) is 1. The molecule has 0 heterocycles. The van der Waals surface area contributed by atoms with Crippen LogP contribution in [0.3, 0.4) is 0 Å². The van der Waals surface area contributed by atoms with Crippen LogP contribution in [-0.2, 0) is 16.6 Å². The van der Waals surface area contributed by atoms with Crippen LogP contribution in [-0.4, -0.2) is 5.91 Å². The molecular formula is C16H25NO. The van der Waals surface area contributed by atoms with Crippen molar-refractivity contribution in [3.05, 3.63) is 29.3 Å². The molecule has 18 heavy (non-hydrogen) atoms. The molecule has 0 aliphatic carbocycles. The Bertz CT molecular complexity index is 416. The Hall–Kier alpha value is -1.31. The predicted octanol–water partition coefficient (Wildman–Crippen LogP) is 4.29. The number of rotatable bonds is 4. The van der Waals surface area contributed by atoms with Gasteiger partial charge in [-0.2, -0.15) is 0 Å². The standard InChI is InChI=1S/C16H25NO/c1-6-7-8-13-9-10-15(17-12(2)18)14(11-13)16(3,4)5/h9-11H,6-8H2,1-5H3,(H,17,18). The van der Waals surface area contributed by atoms with Gasteiger partial charge in [0.2, 0.25) is 5.91 Å². The van der Waals surface area contributed by atoms with Gasteiger partial charge in [-0.1, -0.05) is 46.2 Å². The number of nitrogens with one attached hydrogen (secondary N) is 1. The molecule has 2 heteroatoms. The molecule has 2 nitrogen and oxygen atoms in total. The van der Waals surface area contributed by atoms with Gasteiger partial charge in [-0.05, 0) is 35.4 Å². The Morgan fingerprint density at radius 2 is 1.94 bits per heavy atom. The second-order valence-corrected chi connectivity index (χ2v) is 5.91. The van der Waals surface area contributed by atoms with Crippen molar-refractivity contribution in [2.75, 3.05) is 5.32 Å². The summed E-state index contributed by atoms with van der Waals surface area (Å²) in [7, 11) is 0. The molecule has 1 aromatic carbocycles. The van der Waals surface area contributed by atoms with Crippen LogP contribution in [0.2, 0.25) is 0 Å². The van der Waals surface area contributed by atoms with Crippen molar-refractivity contribution >= 4 is 11.6 Å². The molecular weight excluding hydrogens is 222 g/mol. The van der Waals surface area contributed by atoms with Gasteiger partial charge in [0.15, 0.2) is 0 Å². The van der Waals surface area contributed by atoms with E-state index in [0.29, 0.717) is 0 Å². The smallest absolute Gasteiger partial charge is 0.221 e. The molecule has 0 atom stereocenters. The van der Waals surface area contributed by atoms with Crippen LogP contribution in [0, 0.1) is 0 Å². The van der Waals surface area contributed by atoms with Crippen molar-refractivity contribution in [2.45, 2.75) is 59.3 Å². The molecule has 0 radical (unpaired) electrons. The summed E-state index contributed by atoms with van der Waals surface area (Å²) >= 11 is 0. The van der Waals surface area contributed by atoms with Gasteiger partial charge in [0, 0.05) is 12.6 Å². The lowest BCUT2D eigenvalue weighted by atomic mass is 9.84. The number of carbonyl (C=O) groups excluding carboxylic acids is 1. The molecule has 1 amide bonds. The van der Waals surface area contributed by atoms with Crippen molar-refractivity contribution in [1.82, 2.24) is 0 Å². The van der Waals surface area contributed by atoms with Gasteiger partial charge in [-0.25, -0.2) is 0 Å². The Morgan fingerprint density at radius 3 is 2.44 bits per heavy atom. The zero-order valence-electron chi connectivity index (χ0n) is 12.3. The number of unbranched alkanes of at least 4 members (excludes halogenated alkanes) is 1. The number of anilines is 1. The molecule has 0 aromatic heterocycles. The van der Waals surface area contributed by atoms with Crippen LogP contribution in [0.25, 0.3) is 0 Å². The van der Waals surface area contributed by atoms with E-state index >= 15 is 0 Å². The number of hydrogen-bond acceptors (Lipinski definition) is 1. The van der Waals surface area contributed by atoms with Crippen LogP contribution < -0.4 is 5.32 Å². The van der Waals surface area contributed by atoms with E-state index in [1.807, 2.05) is 6.07 Å². The number of aryl methyl sites for hydroxylation is 1. The van der Waals surface area contributed by atoms with E-state index in [-0.39, 0.29) is 11.3 Å². The summed E-state index contributed by atoms with van der Waals surface area (Å²) in [5, 5.41) is 2.92. The number of carbonyl (C=O) groups is 1. The molecule has 0 saturated carbocycles. The Kier molecular flexibility index (Phi) is 4.94. The summed E-state index contributed by atoms with van der Waals surface area (Å²) < 4.78 is 0. The normalized spacial score (nSPS) is 11.4. The lowest BCUT2D eigenvalue weighted by Crippen LogP contribution is -2.17. The van der Waals surface area contributed by atoms with Crippen LogP contribution in [0.4, 0.5) is 5.69 Å². The highest BCUT2D eigenvalue weighted by Gasteiger charge is 2.19. The van der Waals surface area contributed by atoms with Gasteiger partial charge >= 0.3 is 0 Å². The summed E-state index contributed by atoms with van der Waals surface area (Å²) in [5.74, 6) is -0.0122. The monoisotopic (exact) mass is 247 g/mol. The average Bonchev–Trinajstić information content (AvgIpc) is 2.25. The van der Waals surface area contributed by atoms with Gasteiger partial charge in [0.05, 0.1) is 0 Å². The van der Waals surface area contributed by atoms with Gasteiger partial charge in [-0.3, -0.25) is 4.79 Å². The maximum absolute atomic E-state index is 11.2. The first-order valence-corrected chi connectivity index (χ1v) is 6.75. The first kappa shape index (κ1) is 14.7. The van der Waals surface area contributed by atoms with Gasteiger partial charge in [0.25, 0.3) is 0 Å². The minimum absolute atomic E-state index is 0.0122. The maximum Gasteiger partial charge on any atom is 0.221 e. The highest BCUT2D eigenvalue weighted by Crippen LogP contribution is 2.31. The molecule has 0 saturated heterocycles.